The van der Waals surface area contributed by atoms with E-state index >= 15 is 4.39 Å². The zero-order valence-electron chi connectivity index (χ0n) is 23.5. The van der Waals surface area contributed by atoms with Crippen LogP contribution in [0.1, 0.15) is 19.5 Å². The largest absolute Gasteiger partial charge is 0.490 e. The fourth-order valence-electron chi connectivity index (χ4n) is 4.33. The van der Waals surface area contributed by atoms with Crippen molar-refractivity contribution in [3.05, 3.63) is 54.2 Å². The van der Waals surface area contributed by atoms with Crippen LogP contribution < -0.4 is 15.5 Å². The number of aryl methyl sites for hydroxylation is 1. The third-order valence-electron chi connectivity index (χ3n) is 5.97. The van der Waals surface area contributed by atoms with Gasteiger partial charge in [0.25, 0.3) is 0 Å². The third kappa shape index (κ3) is 9.10. The monoisotopic (exact) mass is 651 g/mol. The number of rotatable bonds is 3. The summed E-state index contributed by atoms with van der Waals surface area (Å²) >= 11 is 0. The zero-order valence-corrected chi connectivity index (χ0v) is 23.5. The average Bonchev–Trinajstić information content (AvgIpc) is 3.28. The van der Waals surface area contributed by atoms with Gasteiger partial charge in [-0.05, 0) is 32.9 Å². The second-order valence-corrected chi connectivity index (χ2v) is 9.84. The summed E-state index contributed by atoms with van der Waals surface area (Å²) in [6.45, 7) is 7.60. The van der Waals surface area contributed by atoms with Crippen LogP contribution in [0.5, 0.6) is 0 Å². The van der Waals surface area contributed by atoms with Crippen LogP contribution in [0.15, 0.2) is 36.9 Å². The fraction of sp³-hybridized carbons (Fsp3) is 0.346. The average molecular weight is 652 g/mol. The number of fused-ring (bicyclic) bond motifs is 2. The highest BCUT2D eigenvalue weighted by atomic mass is 19.4. The maximum absolute atomic E-state index is 15.2. The quantitative estimate of drug-likeness (QED) is 0.222. The Morgan fingerprint density at radius 3 is 2.00 bits per heavy atom. The molecular weight excluding hydrogens is 626 g/mol. The van der Waals surface area contributed by atoms with Crippen LogP contribution in [0.4, 0.5) is 52.3 Å². The van der Waals surface area contributed by atoms with Gasteiger partial charge in [0, 0.05) is 49.3 Å². The summed E-state index contributed by atoms with van der Waals surface area (Å²) in [6, 6.07) is 5.33. The summed E-state index contributed by atoms with van der Waals surface area (Å²) in [7, 11) is 0. The fourth-order valence-corrected chi connectivity index (χ4v) is 4.33. The number of hydrogen-bond donors (Lipinski definition) is 4. The summed E-state index contributed by atoms with van der Waals surface area (Å²) < 4.78 is 94.7. The lowest BCUT2D eigenvalue weighted by atomic mass is 10.1. The number of carboxylic acids is 2. The molecule has 0 bridgehead atoms. The molecule has 0 unspecified atom stereocenters. The number of benzene rings is 1. The molecule has 0 radical (unpaired) electrons. The predicted octanol–water partition coefficient (Wildman–Crippen LogP) is 5.06. The molecular formula is C26H25F8N7O4. The number of nitrogens with one attached hydrogen (secondary N) is 2. The Morgan fingerprint density at radius 2 is 1.47 bits per heavy atom. The van der Waals surface area contributed by atoms with Gasteiger partial charge in [-0.3, -0.25) is 0 Å². The van der Waals surface area contributed by atoms with Gasteiger partial charge in [-0.1, -0.05) is 0 Å². The number of imidazole rings is 1. The number of halogens is 8. The molecule has 19 heteroatoms. The minimum absolute atomic E-state index is 0.242. The standard InChI is InChI=1S/C22H23F2N7.2C2HF3O2/c1-12-7-30(8-13(2)27-12)16-5-17(23)20-19(6-16)25-11-26-21(20)29-15-4-18(24)22-28-14(3)9-31(22)10-15;2*3-2(4,5)1(6)7/h4-6,9-13,27H,7-8H2,1-3H3,(H,25,26,29);2*(H,6,7)/t12-,13+;;. The molecule has 1 aliphatic rings. The van der Waals surface area contributed by atoms with Crippen molar-refractivity contribution in [2.75, 3.05) is 23.3 Å². The van der Waals surface area contributed by atoms with Crippen LogP contribution in [-0.2, 0) is 9.59 Å². The molecule has 4 N–H and O–H groups in total. The second kappa shape index (κ2) is 13.4. The molecule has 0 amide bonds. The number of carboxylic acid groups (broad SMARTS) is 2. The molecule has 4 heterocycles. The van der Waals surface area contributed by atoms with Crippen molar-refractivity contribution in [2.24, 2.45) is 0 Å². The third-order valence-corrected chi connectivity index (χ3v) is 5.97. The van der Waals surface area contributed by atoms with E-state index in [0.29, 0.717) is 29.0 Å². The SMILES string of the molecule is Cc1cn2cc(Nc3ncnc4cc(N5C[C@@H](C)N[C@@H](C)C5)cc(F)c34)cc(F)c2n1.O=C(O)C(F)(F)F.O=C(O)C(F)(F)F. The molecule has 244 valence electrons. The summed E-state index contributed by atoms with van der Waals surface area (Å²) in [6.07, 6.45) is -5.36. The molecule has 2 atom stereocenters. The van der Waals surface area contributed by atoms with Gasteiger partial charge in [0.1, 0.15) is 18.0 Å². The van der Waals surface area contributed by atoms with E-state index in [1.54, 1.807) is 23.7 Å². The Kier molecular flexibility index (Phi) is 10.4. The Labute approximate surface area is 248 Å². The lowest BCUT2D eigenvalue weighted by Crippen LogP contribution is -2.54. The molecule has 0 saturated carbocycles. The number of anilines is 3. The van der Waals surface area contributed by atoms with Crippen LogP contribution >= 0.6 is 0 Å². The van der Waals surface area contributed by atoms with Crippen LogP contribution in [-0.4, -0.2) is 79.0 Å². The second-order valence-electron chi connectivity index (χ2n) is 9.84. The zero-order chi connectivity index (χ0) is 33.9. The van der Waals surface area contributed by atoms with Gasteiger partial charge >= 0.3 is 24.3 Å². The highest BCUT2D eigenvalue weighted by Crippen LogP contribution is 2.31. The lowest BCUT2D eigenvalue weighted by Gasteiger charge is -2.37. The van der Waals surface area contributed by atoms with E-state index < -0.39 is 35.9 Å². The first-order valence-corrected chi connectivity index (χ1v) is 12.7. The van der Waals surface area contributed by atoms with E-state index in [4.69, 9.17) is 19.8 Å². The Bertz CT molecular complexity index is 1660. The predicted molar refractivity (Wildman–Crippen MR) is 144 cm³/mol. The number of nitrogens with zero attached hydrogens (tertiary/aromatic N) is 5. The number of hydrogen-bond acceptors (Lipinski definition) is 8. The Balaban J connectivity index is 0.000000331. The summed E-state index contributed by atoms with van der Waals surface area (Å²) in [5.74, 6) is -6.12. The van der Waals surface area contributed by atoms with Crippen molar-refractivity contribution in [2.45, 2.75) is 45.2 Å². The van der Waals surface area contributed by atoms with Crippen LogP contribution in [0, 0.1) is 18.6 Å². The van der Waals surface area contributed by atoms with Crippen molar-refractivity contribution in [3.63, 3.8) is 0 Å². The van der Waals surface area contributed by atoms with Crippen molar-refractivity contribution < 1.29 is 54.9 Å². The molecule has 1 saturated heterocycles. The van der Waals surface area contributed by atoms with Gasteiger partial charge < -0.3 is 30.1 Å². The highest BCUT2D eigenvalue weighted by molar-refractivity contribution is 5.93. The minimum atomic E-state index is -5.08. The molecule has 3 aromatic heterocycles. The van der Waals surface area contributed by atoms with Crippen molar-refractivity contribution >= 4 is 45.7 Å². The number of aliphatic carboxylic acids is 2. The summed E-state index contributed by atoms with van der Waals surface area (Å²) in [4.78, 5) is 32.6. The summed E-state index contributed by atoms with van der Waals surface area (Å²) in [5, 5.41) is 21.0. The smallest absolute Gasteiger partial charge is 0.475 e. The first-order valence-electron chi connectivity index (χ1n) is 12.7. The maximum atomic E-state index is 15.2. The number of aromatic nitrogens is 4. The first-order chi connectivity index (χ1) is 20.8. The molecule has 1 fully saturated rings. The molecule has 0 aliphatic carbocycles. The topological polar surface area (TPSA) is 145 Å². The van der Waals surface area contributed by atoms with Crippen molar-refractivity contribution in [1.82, 2.24) is 24.7 Å². The van der Waals surface area contributed by atoms with E-state index in [1.807, 2.05) is 6.07 Å². The molecule has 5 rings (SSSR count). The van der Waals surface area contributed by atoms with Crippen LogP contribution in [0.25, 0.3) is 16.6 Å². The molecule has 45 heavy (non-hydrogen) atoms. The number of alkyl halides is 6. The minimum Gasteiger partial charge on any atom is -0.475 e. The van der Waals surface area contributed by atoms with Gasteiger partial charge in [-0.2, -0.15) is 26.3 Å². The van der Waals surface area contributed by atoms with E-state index in [2.05, 4.69) is 44.3 Å². The highest BCUT2D eigenvalue weighted by Gasteiger charge is 2.38. The number of pyridine rings is 1. The number of carbonyl (C=O) groups is 2. The van der Waals surface area contributed by atoms with Gasteiger partial charge in [-0.25, -0.2) is 33.3 Å². The van der Waals surface area contributed by atoms with Crippen LogP contribution in [0.3, 0.4) is 0 Å². The molecule has 1 aliphatic heterocycles. The van der Waals surface area contributed by atoms with E-state index in [0.717, 1.165) is 18.8 Å². The summed E-state index contributed by atoms with van der Waals surface area (Å²) in [5.41, 5.74) is 2.67. The lowest BCUT2D eigenvalue weighted by molar-refractivity contribution is -0.193. The Hall–Kier alpha value is -4.81. The first kappa shape index (κ1) is 34.7. The van der Waals surface area contributed by atoms with Crippen molar-refractivity contribution in [1.29, 1.82) is 0 Å². The Morgan fingerprint density at radius 1 is 0.911 bits per heavy atom. The van der Waals surface area contributed by atoms with E-state index in [-0.39, 0.29) is 16.9 Å². The van der Waals surface area contributed by atoms with Gasteiger partial charge in [0.05, 0.1) is 22.3 Å². The number of piperazine rings is 1. The van der Waals surface area contributed by atoms with Gasteiger partial charge in [0.2, 0.25) is 0 Å². The molecule has 4 aromatic rings. The van der Waals surface area contributed by atoms with Crippen molar-refractivity contribution in [3.8, 4) is 0 Å². The maximum Gasteiger partial charge on any atom is 0.490 e. The van der Waals surface area contributed by atoms with Gasteiger partial charge in [-0.15, -0.1) is 0 Å². The molecule has 0 spiro atoms. The van der Waals surface area contributed by atoms with Gasteiger partial charge in [0.15, 0.2) is 11.5 Å². The molecule has 11 nitrogen and oxygen atoms in total. The molecule has 1 aromatic carbocycles. The van der Waals surface area contributed by atoms with E-state index in [9.17, 15) is 30.7 Å². The van der Waals surface area contributed by atoms with Crippen LogP contribution in [0.2, 0.25) is 0 Å². The normalized spacial score (nSPS) is 16.8. The van der Waals surface area contributed by atoms with E-state index in [1.165, 1.54) is 18.5 Å².